The fourth-order valence-electron chi connectivity index (χ4n) is 3.09. The lowest BCUT2D eigenvalue weighted by Gasteiger charge is -2.09. The third-order valence-corrected chi connectivity index (χ3v) is 4.76. The summed E-state index contributed by atoms with van der Waals surface area (Å²) in [6, 6.07) is 21.1. The highest BCUT2D eigenvalue weighted by atomic mass is 19.1. The quantitative estimate of drug-likeness (QED) is 0.500. The van der Waals surface area contributed by atoms with Crippen molar-refractivity contribution in [1.29, 1.82) is 0 Å². The van der Waals surface area contributed by atoms with Crippen molar-refractivity contribution >= 4 is 16.8 Å². The van der Waals surface area contributed by atoms with Gasteiger partial charge in [0.1, 0.15) is 24.7 Å². The van der Waals surface area contributed by atoms with E-state index in [0.29, 0.717) is 18.7 Å². The summed E-state index contributed by atoms with van der Waals surface area (Å²) >= 11 is 0. The molecule has 0 radical (unpaired) electrons. The average Bonchev–Trinajstić information content (AvgIpc) is 2.80. The highest BCUT2D eigenvalue weighted by Gasteiger charge is 2.09. The SMILES string of the molecule is O=C(Cn1cnc2ccc(F)cc2c1=O)NCc1ccc(COc2ccccc2)cc1. The Bertz CT molecular complexity index is 1250. The number of fused-ring (bicyclic) bond motifs is 1. The lowest BCUT2D eigenvalue weighted by atomic mass is 10.1. The number of hydrogen-bond donors (Lipinski definition) is 1. The second kappa shape index (κ2) is 9.21. The zero-order valence-electron chi connectivity index (χ0n) is 16.6. The van der Waals surface area contributed by atoms with Crippen LogP contribution in [0.15, 0.2) is 83.9 Å². The number of nitrogens with one attached hydrogen (secondary N) is 1. The number of benzene rings is 3. The molecule has 0 saturated carbocycles. The Balaban J connectivity index is 1.32. The van der Waals surface area contributed by atoms with Crippen LogP contribution in [0.1, 0.15) is 11.1 Å². The summed E-state index contributed by atoms with van der Waals surface area (Å²) in [5.41, 5.74) is 1.87. The first kappa shape index (κ1) is 20.3. The highest BCUT2D eigenvalue weighted by molar-refractivity contribution is 5.79. The maximum absolute atomic E-state index is 13.4. The van der Waals surface area contributed by atoms with Crippen LogP contribution in [0.5, 0.6) is 5.75 Å². The van der Waals surface area contributed by atoms with E-state index in [9.17, 15) is 14.0 Å². The number of para-hydroxylation sites is 1. The lowest BCUT2D eigenvalue weighted by Crippen LogP contribution is -2.32. The number of nitrogens with zero attached hydrogens (tertiary/aromatic N) is 2. The summed E-state index contributed by atoms with van der Waals surface area (Å²) in [6.45, 7) is 0.583. The minimum atomic E-state index is -0.522. The van der Waals surface area contributed by atoms with Gasteiger partial charge in [-0.3, -0.25) is 14.2 Å². The second-order valence-electron chi connectivity index (χ2n) is 7.03. The molecule has 0 atom stereocenters. The van der Waals surface area contributed by atoms with Gasteiger partial charge >= 0.3 is 0 Å². The van der Waals surface area contributed by atoms with Gasteiger partial charge in [-0.1, -0.05) is 42.5 Å². The van der Waals surface area contributed by atoms with Crippen molar-refractivity contribution in [1.82, 2.24) is 14.9 Å². The van der Waals surface area contributed by atoms with Crippen LogP contribution in [-0.2, 0) is 24.5 Å². The molecule has 1 aromatic heterocycles. The molecule has 0 aliphatic heterocycles. The number of hydrogen-bond acceptors (Lipinski definition) is 4. The fourth-order valence-corrected chi connectivity index (χ4v) is 3.09. The first-order valence-corrected chi connectivity index (χ1v) is 9.75. The van der Waals surface area contributed by atoms with Crippen LogP contribution in [0, 0.1) is 5.82 Å². The Morgan fingerprint density at radius 2 is 1.74 bits per heavy atom. The molecule has 0 aliphatic carbocycles. The molecule has 31 heavy (non-hydrogen) atoms. The van der Waals surface area contributed by atoms with Gasteiger partial charge in [-0.25, -0.2) is 9.37 Å². The third-order valence-electron chi connectivity index (χ3n) is 4.76. The number of amides is 1. The molecule has 6 nitrogen and oxygen atoms in total. The van der Waals surface area contributed by atoms with E-state index in [0.717, 1.165) is 22.9 Å². The van der Waals surface area contributed by atoms with E-state index in [-0.39, 0.29) is 17.8 Å². The number of aromatic nitrogens is 2. The number of carbonyl (C=O) groups is 1. The van der Waals surface area contributed by atoms with Crippen molar-refractivity contribution in [2.75, 3.05) is 0 Å². The predicted octanol–water partition coefficient (Wildman–Crippen LogP) is 3.43. The van der Waals surface area contributed by atoms with Gasteiger partial charge in [0.25, 0.3) is 5.56 Å². The molecule has 156 valence electrons. The molecular weight excluding hydrogens is 397 g/mol. The molecule has 0 aliphatic rings. The minimum Gasteiger partial charge on any atom is -0.489 e. The lowest BCUT2D eigenvalue weighted by molar-refractivity contribution is -0.121. The van der Waals surface area contributed by atoms with E-state index in [1.165, 1.54) is 23.0 Å². The Hall–Kier alpha value is -4.00. The summed E-state index contributed by atoms with van der Waals surface area (Å²) < 4.78 is 20.3. The molecule has 4 rings (SSSR count). The molecule has 7 heteroatoms. The first-order valence-electron chi connectivity index (χ1n) is 9.75. The predicted molar refractivity (Wildman–Crippen MR) is 115 cm³/mol. The topological polar surface area (TPSA) is 73.2 Å². The maximum Gasteiger partial charge on any atom is 0.261 e. The van der Waals surface area contributed by atoms with Crippen LogP contribution in [0.3, 0.4) is 0 Å². The van der Waals surface area contributed by atoms with E-state index in [2.05, 4.69) is 10.3 Å². The molecule has 0 fully saturated rings. The summed E-state index contributed by atoms with van der Waals surface area (Å²) in [5.74, 6) is -0.0534. The van der Waals surface area contributed by atoms with Crippen LogP contribution < -0.4 is 15.6 Å². The molecule has 0 unspecified atom stereocenters. The van der Waals surface area contributed by atoms with Crippen molar-refractivity contribution in [3.8, 4) is 5.75 Å². The first-order chi connectivity index (χ1) is 15.1. The van der Waals surface area contributed by atoms with E-state index in [1.54, 1.807) is 0 Å². The number of ether oxygens (including phenoxy) is 1. The Morgan fingerprint density at radius 3 is 2.52 bits per heavy atom. The molecule has 0 saturated heterocycles. The molecular formula is C24H20FN3O3. The van der Waals surface area contributed by atoms with E-state index in [1.807, 2.05) is 54.6 Å². The summed E-state index contributed by atoms with van der Waals surface area (Å²) in [4.78, 5) is 28.8. The Morgan fingerprint density at radius 1 is 1.00 bits per heavy atom. The highest BCUT2D eigenvalue weighted by Crippen LogP contribution is 2.12. The van der Waals surface area contributed by atoms with Crippen molar-refractivity contribution in [2.24, 2.45) is 0 Å². The van der Waals surface area contributed by atoms with E-state index >= 15 is 0 Å². The van der Waals surface area contributed by atoms with Crippen molar-refractivity contribution < 1.29 is 13.9 Å². The smallest absolute Gasteiger partial charge is 0.261 e. The van der Waals surface area contributed by atoms with Crippen LogP contribution in [-0.4, -0.2) is 15.5 Å². The van der Waals surface area contributed by atoms with Gasteiger partial charge in [-0.05, 0) is 41.5 Å². The number of rotatable bonds is 7. The largest absolute Gasteiger partial charge is 0.489 e. The molecule has 1 amide bonds. The number of carbonyl (C=O) groups excluding carboxylic acids is 1. The van der Waals surface area contributed by atoms with Crippen molar-refractivity contribution in [2.45, 2.75) is 19.7 Å². The Labute approximate surface area is 177 Å². The average molecular weight is 417 g/mol. The van der Waals surface area contributed by atoms with Gasteiger partial charge < -0.3 is 10.1 Å². The summed E-state index contributed by atoms with van der Waals surface area (Å²) in [5, 5.41) is 2.92. The fraction of sp³-hybridized carbons (Fsp3) is 0.125. The summed E-state index contributed by atoms with van der Waals surface area (Å²) in [6.07, 6.45) is 1.30. The minimum absolute atomic E-state index is 0.142. The molecule has 0 bridgehead atoms. The molecule has 1 heterocycles. The van der Waals surface area contributed by atoms with Gasteiger partial charge in [-0.15, -0.1) is 0 Å². The van der Waals surface area contributed by atoms with E-state index in [4.69, 9.17) is 4.74 Å². The zero-order chi connectivity index (χ0) is 21.6. The van der Waals surface area contributed by atoms with Crippen molar-refractivity contribution in [3.63, 3.8) is 0 Å². The monoisotopic (exact) mass is 417 g/mol. The van der Waals surface area contributed by atoms with Gasteiger partial charge in [0.15, 0.2) is 0 Å². The molecule has 3 aromatic carbocycles. The van der Waals surface area contributed by atoms with Gasteiger partial charge in [0.2, 0.25) is 5.91 Å². The van der Waals surface area contributed by atoms with E-state index < -0.39 is 11.4 Å². The van der Waals surface area contributed by atoms with Crippen molar-refractivity contribution in [3.05, 3.63) is 106 Å². The van der Waals surface area contributed by atoms with Crippen LogP contribution >= 0.6 is 0 Å². The third kappa shape index (κ3) is 5.14. The van der Waals surface area contributed by atoms with Crippen LogP contribution in [0.25, 0.3) is 10.9 Å². The second-order valence-corrected chi connectivity index (χ2v) is 7.03. The van der Waals surface area contributed by atoms with Crippen LogP contribution in [0.4, 0.5) is 4.39 Å². The zero-order valence-corrected chi connectivity index (χ0v) is 16.6. The van der Waals surface area contributed by atoms with Gasteiger partial charge in [-0.2, -0.15) is 0 Å². The molecule has 1 N–H and O–H groups in total. The maximum atomic E-state index is 13.4. The normalized spacial score (nSPS) is 10.7. The summed E-state index contributed by atoms with van der Waals surface area (Å²) in [7, 11) is 0. The van der Waals surface area contributed by atoms with Crippen LogP contribution in [0.2, 0.25) is 0 Å². The van der Waals surface area contributed by atoms with Gasteiger partial charge in [0.05, 0.1) is 17.2 Å². The number of halogens is 1. The molecule has 4 aromatic rings. The standard InChI is InChI=1S/C24H20FN3O3/c25-19-10-11-22-21(12-19)24(30)28(16-27-22)14-23(29)26-13-17-6-8-18(9-7-17)15-31-20-4-2-1-3-5-20/h1-12,16H,13-15H2,(H,26,29). The molecule has 0 spiro atoms. The Kier molecular flexibility index (Phi) is 6.03. The van der Waals surface area contributed by atoms with Gasteiger partial charge in [0, 0.05) is 6.54 Å².